The number of aromatic nitrogens is 5. The fourth-order valence-electron chi connectivity index (χ4n) is 5.11. The van der Waals surface area contributed by atoms with Crippen molar-refractivity contribution < 1.29 is 9.50 Å². The second-order valence-electron chi connectivity index (χ2n) is 10.6. The molecular weight excluding hydrogens is 445 g/mol. The van der Waals surface area contributed by atoms with E-state index in [1.54, 1.807) is 30.9 Å². The first-order valence-corrected chi connectivity index (χ1v) is 12.3. The predicted octanol–water partition coefficient (Wildman–Crippen LogP) is 4.17. The van der Waals surface area contributed by atoms with Gasteiger partial charge in [0.05, 0.1) is 23.0 Å². The first kappa shape index (κ1) is 23.7. The molecule has 0 atom stereocenters. The fraction of sp³-hybridized carbons (Fsp3) is 0.500. The monoisotopic (exact) mass is 479 g/mol. The van der Waals surface area contributed by atoms with E-state index in [1.165, 1.54) is 0 Å². The lowest BCUT2D eigenvalue weighted by Gasteiger charge is -2.34. The minimum atomic E-state index is -0.744. The van der Waals surface area contributed by atoms with Crippen LogP contribution in [-0.2, 0) is 0 Å². The van der Waals surface area contributed by atoms with Gasteiger partial charge in [0.15, 0.2) is 17.3 Å². The Hall–Kier alpha value is -3.04. The summed E-state index contributed by atoms with van der Waals surface area (Å²) in [4.78, 5) is 14.3. The van der Waals surface area contributed by atoms with Crippen molar-refractivity contribution in [3.63, 3.8) is 0 Å². The number of nitrogens with one attached hydrogen (secondary N) is 2. The van der Waals surface area contributed by atoms with E-state index in [9.17, 15) is 5.11 Å². The van der Waals surface area contributed by atoms with Gasteiger partial charge in [0.2, 0.25) is 0 Å². The van der Waals surface area contributed by atoms with Crippen LogP contribution in [0.3, 0.4) is 0 Å². The van der Waals surface area contributed by atoms with Gasteiger partial charge in [0.1, 0.15) is 6.33 Å². The molecule has 4 aromatic heterocycles. The topological polar surface area (TPSA) is 94.4 Å². The Morgan fingerprint density at radius 1 is 1.26 bits per heavy atom. The highest BCUT2D eigenvalue weighted by Gasteiger charge is 2.27. The van der Waals surface area contributed by atoms with E-state index in [-0.39, 0.29) is 11.7 Å². The van der Waals surface area contributed by atoms with Gasteiger partial charge in [-0.25, -0.2) is 18.9 Å². The molecule has 0 radical (unpaired) electrons. The van der Waals surface area contributed by atoms with E-state index < -0.39 is 5.60 Å². The molecule has 0 aromatic carbocycles. The van der Waals surface area contributed by atoms with Crippen molar-refractivity contribution in [3.8, 4) is 11.3 Å². The highest BCUT2D eigenvalue weighted by atomic mass is 19.1. The number of rotatable bonds is 6. The zero-order valence-corrected chi connectivity index (χ0v) is 21.1. The van der Waals surface area contributed by atoms with E-state index in [2.05, 4.69) is 45.3 Å². The van der Waals surface area contributed by atoms with Crippen molar-refractivity contribution in [1.29, 1.82) is 0 Å². The highest BCUT2D eigenvalue weighted by molar-refractivity contribution is 5.93. The summed E-state index contributed by atoms with van der Waals surface area (Å²) in [6.45, 7) is 11.8. The Kier molecular flexibility index (Phi) is 6.01. The van der Waals surface area contributed by atoms with Crippen molar-refractivity contribution >= 4 is 22.4 Å². The van der Waals surface area contributed by atoms with Gasteiger partial charge < -0.3 is 20.3 Å². The van der Waals surface area contributed by atoms with Crippen molar-refractivity contribution in [2.45, 2.75) is 65.0 Å². The van der Waals surface area contributed by atoms with Gasteiger partial charge in [0.25, 0.3) is 0 Å². The molecule has 8 nitrogen and oxygen atoms in total. The van der Waals surface area contributed by atoms with Crippen LogP contribution in [0.5, 0.6) is 0 Å². The van der Waals surface area contributed by atoms with E-state index in [0.29, 0.717) is 29.3 Å². The summed E-state index contributed by atoms with van der Waals surface area (Å²) in [6, 6.07) is 2.38. The van der Waals surface area contributed by atoms with E-state index in [1.807, 2.05) is 18.0 Å². The largest absolute Gasteiger partial charge is 0.389 e. The summed E-state index contributed by atoms with van der Waals surface area (Å²) in [6.07, 6.45) is 6.98. The van der Waals surface area contributed by atoms with Crippen LogP contribution in [0.2, 0.25) is 0 Å². The zero-order valence-electron chi connectivity index (χ0n) is 21.1. The smallest absolute Gasteiger partial charge is 0.175 e. The number of aliphatic hydroxyl groups is 1. The number of aryl methyl sites for hydroxylation is 1. The molecule has 9 heteroatoms. The van der Waals surface area contributed by atoms with Crippen molar-refractivity contribution in [3.05, 3.63) is 41.7 Å². The van der Waals surface area contributed by atoms with Gasteiger partial charge in [-0.1, -0.05) is 13.8 Å². The van der Waals surface area contributed by atoms with E-state index in [0.717, 1.165) is 54.0 Å². The number of aromatic amines is 1. The molecule has 5 rings (SSSR count). The third kappa shape index (κ3) is 4.50. The maximum Gasteiger partial charge on any atom is 0.175 e. The number of hydrogen-bond donors (Lipinski definition) is 3. The van der Waals surface area contributed by atoms with Crippen molar-refractivity contribution in [2.75, 3.05) is 24.5 Å². The Balaban J connectivity index is 1.49. The summed E-state index contributed by atoms with van der Waals surface area (Å²) in [5.41, 5.74) is 4.56. The number of piperidine rings is 1. The molecule has 186 valence electrons. The number of anilines is 1. The Bertz CT molecular complexity index is 1360. The maximum absolute atomic E-state index is 16.1. The molecule has 1 saturated heterocycles. The minimum absolute atomic E-state index is 0.104. The number of fused-ring (bicyclic) bond motifs is 2. The Labute approximate surface area is 204 Å². The molecule has 0 amide bonds. The average Bonchev–Trinajstić information content (AvgIpc) is 3.43. The van der Waals surface area contributed by atoms with Crippen LogP contribution < -0.4 is 10.2 Å². The van der Waals surface area contributed by atoms with Crippen molar-refractivity contribution in [1.82, 2.24) is 29.9 Å². The second kappa shape index (κ2) is 8.87. The highest BCUT2D eigenvalue weighted by Crippen LogP contribution is 2.39. The summed E-state index contributed by atoms with van der Waals surface area (Å²) in [5, 5.41) is 18.3. The third-order valence-corrected chi connectivity index (χ3v) is 6.84. The molecule has 0 unspecified atom stereocenters. The number of H-pyrrole nitrogens is 1. The Morgan fingerprint density at radius 3 is 2.69 bits per heavy atom. The number of nitrogens with zero attached hydrogens (tertiary/aromatic N) is 5. The van der Waals surface area contributed by atoms with Crippen molar-refractivity contribution in [2.24, 2.45) is 0 Å². The number of pyridine rings is 2. The maximum atomic E-state index is 16.1. The van der Waals surface area contributed by atoms with Crippen LogP contribution in [0, 0.1) is 12.7 Å². The lowest BCUT2D eigenvalue weighted by molar-refractivity contribution is 0.0752. The summed E-state index contributed by atoms with van der Waals surface area (Å²) < 4.78 is 17.8. The third-order valence-electron chi connectivity index (χ3n) is 6.84. The molecule has 1 aliphatic rings. The normalized spacial score (nSPS) is 15.7. The lowest BCUT2D eigenvalue weighted by atomic mass is 9.96. The molecule has 0 aliphatic carbocycles. The molecule has 0 spiro atoms. The zero-order chi connectivity index (χ0) is 24.9. The van der Waals surface area contributed by atoms with Gasteiger partial charge in [0, 0.05) is 42.8 Å². The average molecular weight is 480 g/mol. The predicted molar refractivity (Wildman–Crippen MR) is 136 cm³/mol. The van der Waals surface area contributed by atoms with E-state index >= 15 is 4.39 Å². The number of hydrogen-bond acceptors (Lipinski definition) is 6. The molecule has 0 bridgehead atoms. The van der Waals surface area contributed by atoms with Gasteiger partial charge >= 0.3 is 0 Å². The molecular formula is C26H34FN7O. The molecule has 3 N–H and O–H groups in total. The minimum Gasteiger partial charge on any atom is -0.389 e. The van der Waals surface area contributed by atoms with Crippen LogP contribution >= 0.6 is 0 Å². The van der Waals surface area contributed by atoms with Gasteiger partial charge in [-0.2, -0.15) is 5.10 Å². The van der Waals surface area contributed by atoms with Crippen LogP contribution in [0.1, 0.15) is 57.6 Å². The van der Waals surface area contributed by atoms with Crippen LogP contribution in [-0.4, -0.2) is 60.9 Å². The number of halogens is 1. The van der Waals surface area contributed by atoms with Crippen LogP contribution in [0.15, 0.2) is 24.8 Å². The van der Waals surface area contributed by atoms with Gasteiger partial charge in [-0.05, 0) is 56.7 Å². The summed E-state index contributed by atoms with van der Waals surface area (Å²) in [5.74, 6) is 0.246. The molecule has 0 saturated carbocycles. The Morgan fingerprint density at radius 2 is 2.00 bits per heavy atom. The first-order valence-electron chi connectivity index (χ1n) is 12.3. The molecule has 5 heterocycles. The van der Waals surface area contributed by atoms with Crippen LogP contribution in [0.25, 0.3) is 27.8 Å². The second-order valence-corrected chi connectivity index (χ2v) is 10.6. The molecule has 1 fully saturated rings. The molecule has 35 heavy (non-hydrogen) atoms. The fourth-order valence-corrected chi connectivity index (χ4v) is 5.11. The van der Waals surface area contributed by atoms with Gasteiger partial charge in [-0.15, -0.1) is 0 Å². The summed E-state index contributed by atoms with van der Waals surface area (Å²) >= 11 is 0. The standard InChI is InChI=1S/C26H34FN7O/c1-15(2)20-21-19(32-23(20)17-10-16(3)24-30-14-31-34(24)12-17)11-28-25(22(21)27)33-8-6-18(7-9-33)29-13-26(4,5)35/h10-12,14-15,18,29,32,35H,6-9,13H2,1-5H3. The lowest BCUT2D eigenvalue weighted by Crippen LogP contribution is -2.47. The first-order chi connectivity index (χ1) is 16.6. The van der Waals surface area contributed by atoms with Crippen LogP contribution in [0.4, 0.5) is 10.2 Å². The molecule has 4 aromatic rings. The summed E-state index contributed by atoms with van der Waals surface area (Å²) in [7, 11) is 0. The quantitative estimate of drug-likeness (QED) is 0.384. The van der Waals surface area contributed by atoms with E-state index in [4.69, 9.17) is 0 Å². The molecule has 1 aliphatic heterocycles. The SMILES string of the molecule is Cc1cc(-c2[nH]c3cnc(N4CCC(NCC(C)(C)O)CC4)c(F)c3c2C(C)C)cn2ncnc12. The van der Waals surface area contributed by atoms with Gasteiger partial charge in [-0.3, -0.25) is 0 Å².